The molecule has 158 valence electrons. The maximum absolute atomic E-state index is 9.71. The zero-order valence-electron chi connectivity index (χ0n) is 19.3. The van der Waals surface area contributed by atoms with E-state index in [1.54, 1.807) is 0 Å². The first-order valence-electron chi connectivity index (χ1n) is 11.2. The van der Waals surface area contributed by atoms with E-state index in [9.17, 15) is 5.26 Å². The molecule has 0 saturated carbocycles. The van der Waals surface area contributed by atoms with Gasteiger partial charge < -0.3 is 4.42 Å². The van der Waals surface area contributed by atoms with Crippen LogP contribution in [0.2, 0.25) is 0 Å². The van der Waals surface area contributed by atoms with Gasteiger partial charge in [0.2, 0.25) is 11.2 Å². The van der Waals surface area contributed by atoms with Crippen LogP contribution in [0.3, 0.4) is 0 Å². The molecule has 5 rings (SSSR count). The SMILES string of the molecule is Cc1cc2c(oc3cccc(C#N)c32)c(-c2cc(CC(C)C)c3ccccc3[n+]2C)c1C. The molecule has 0 aliphatic rings. The largest absolute Gasteiger partial charge is 0.455 e. The van der Waals surface area contributed by atoms with Crippen molar-refractivity contribution in [2.45, 2.75) is 34.1 Å². The summed E-state index contributed by atoms with van der Waals surface area (Å²) in [5.41, 5.74) is 9.48. The molecule has 0 fully saturated rings. The highest BCUT2D eigenvalue weighted by Gasteiger charge is 2.26. The van der Waals surface area contributed by atoms with Crippen LogP contribution in [0.25, 0.3) is 44.1 Å². The van der Waals surface area contributed by atoms with Crippen LogP contribution in [0.4, 0.5) is 0 Å². The lowest BCUT2D eigenvalue weighted by Gasteiger charge is -2.14. The third-order valence-corrected chi connectivity index (χ3v) is 6.60. The summed E-state index contributed by atoms with van der Waals surface area (Å²) in [6.45, 7) is 8.84. The van der Waals surface area contributed by atoms with E-state index in [1.807, 2.05) is 18.2 Å². The standard InChI is InChI=1S/C29H27N2O/c1-17(2)13-21-15-25(31(5)24-11-7-6-10-22(21)24)27-19(4)18(3)14-23-28-20(16-30)9-8-12-26(28)32-29(23)27/h6-12,14-15,17H,13H2,1-5H3/q+1. The molecule has 0 radical (unpaired) electrons. The van der Waals surface area contributed by atoms with Crippen LogP contribution in [0.5, 0.6) is 0 Å². The Bertz CT molecular complexity index is 1560. The van der Waals surface area contributed by atoms with Gasteiger partial charge in [-0.3, -0.25) is 0 Å². The van der Waals surface area contributed by atoms with Crippen molar-refractivity contribution in [3.05, 3.63) is 76.9 Å². The summed E-state index contributed by atoms with van der Waals surface area (Å²) in [6.07, 6.45) is 1.01. The van der Waals surface area contributed by atoms with Gasteiger partial charge in [-0.25, -0.2) is 0 Å². The zero-order chi connectivity index (χ0) is 22.6. The van der Waals surface area contributed by atoms with Gasteiger partial charge in [-0.05, 0) is 67.1 Å². The molecule has 32 heavy (non-hydrogen) atoms. The maximum Gasteiger partial charge on any atom is 0.217 e. The predicted octanol–water partition coefficient (Wildman–Crippen LogP) is 6.92. The Kier molecular flexibility index (Phi) is 4.75. The van der Waals surface area contributed by atoms with Crippen molar-refractivity contribution in [1.29, 1.82) is 5.26 Å². The fraction of sp³-hybridized carbons (Fsp3) is 0.241. The minimum absolute atomic E-state index is 0.557. The Morgan fingerprint density at radius 1 is 1.00 bits per heavy atom. The first-order chi connectivity index (χ1) is 15.4. The van der Waals surface area contributed by atoms with Crippen molar-refractivity contribution in [2.24, 2.45) is 13.0 Å². The topological polar surface area (TPSA) is 40.8 Å². The van der Waals surface area contributed by atoms with Crippen molar-refractivity contribution < 1.29 is 8.98 Å². The monoisotopic (exact) mass is 419 g/mol. The summed E-state index contributed by atoms with van der Waals surface area (Å²) >= 11 is 0. The fourth-order valence-corrected chi connectivity index (χ4v) is 4.95. The smallest absolute Gasteiger partial charge is 0.217 e. The van der Waals surface area contributed by atoms with Crippen LogP contribution in [-0.4, -0.2) is 0 Å². The number of furan rings is 1. The van der Waals surface area contributed by atoms with Gasteiger partial charge in [0, 0.05) is 28.3 Å². The van der Waals surface area contributed by atoms with Crippen molar-refractivity contribution in [3.63, 3.8) is 0 Å². The lowest BCUT2D eigenvalue weighted by molar-refractivity contribution is -0.633. The Balaban J connectivity index is 1.95. The Hall–Kier alpha value is -3.64. The first-order valence-corrected chi connectivity index (χ1v) is 11.2. The number of benzene rings is 3. The van der Waals surface area contributed by atoms with E-state index in [-0.39, 0.29) is 0 Å². The number of pyridine rings is 1. The highest BCUT2D eigenvalue weighted by Crippen LogP contribution is 2.40. The molecule has 0 saturated heterocycles. The summed E-state index contributed by atoms with van der Waals surface area (Å²) < 4.78 is 8.72. The molecule has 3 nitrogen and oxygen atoms in total. The number of aromatic nitrogens is 1. The number of nitrogens with zero attached hydrogens (tertiary/aromatic N) is 2. The molecule has 0 unspecified atom stereocenters. The molecular formula is C29H27N2O+. The van der Waals surface area contributed by atoms with Gasteiger partial charge in [0.25, 0.3) is 0 Å². The molecule has 0 amide bonds. The molecule has 0 N–H and O–H groups in total. The van der Waals surface area contributed by atoms with Gasteiger partial charge in [-0.1, -0.05) is 32.0 Å². The number of aryl methyl sites for hydroxylation is 2. The summed E-state index contributed by atoms with van der Waals surface area (Å²) in [6, 6.07) is 21.2. The van der Waals surface area contributed by atoms with Crippen LogP contribution in [-0.2, 0) is 13.5 Å². The molecule has 5 aromatic rings. The fourth-order valence-electron chi connectivity index (χ4n) is 4.95. The lowest BCUT2D eigenvalue weighted by Crippen LogP contribution is -2.33. The van der Waals surface area contributed by atoms with E-state index < -0.39 is 0 Å². The van der Waals surface area contributed by atoms with E-state index in [2.05, 4.69) is 81.8 Å². The summed E-state index contributed by atoms with van der Waals surface area (Å²) in [5, 5.41) is 12.9. The van der Waals surface area contributed by atoms with Gasteiger partial charge >= 0.3 is 0 Å². The third kappa shape index (κ3) is 2.99. The van der Waals surface area contributed by atoms with E-state index in [4.69, 9.17) is 4.42 Å². The quantitative estimate of drug-likeness (QED) is 0.298. The van der Waals surface area contributed by atoms with E-state index in [1.165, 1.54) is 27.6 Å². The average molecular weight is 420 g/mol. The molecule has 0 aliphatic carbocycles. The zero-order valence-corrected chi connectivity index (χ0v) is 19.3. The van der Waals surface area contributed by atoms with Crippen LogP contribution in [0.15, 0.2) is 59.0 Å². The van der Waals surface area contributed by atoms with Crippen LogP contribution < -0.4 is 4.57 Å². The van der Waals surface area contributed by atoms with Crippen molar-refractivity contribution in [2.75, 3.05) is 0 Å². The van der Waals surface area contributed by atoms with Gasteiger partial charge in [0.1, 0.15) is 18.2 Å². The second-order valence-corrected chi connectivity index (χ2v) is 9.19. The molecule has 0 spiro atoms. The number of fused-ring (bicyclic) bond motifs is 4. The first kappa shape index (κ1) is 20.3. The van der Waals surface area contributed by atoms with Gasteiger partial charge in [0.15, 0.2) is 0 Å². The van der Waals surface area contributed by atoms with Gasteiger partial charge in [-0.2, -0.15) is 9.83 Å². The minimum Gasteiger partial charge on any atom is -0.455 e. The molecule has 2 aromatic heterocycles. The maximum atomic E-state index is 9.71. The van der Waals surface area contributed by atoms with Crippen LogP contribution in [0, 0.1) is 31.1 Å². The summed E-state index contributed by atoms with van der Waals surface area (Å²) in [5.74, 6) is 0.557. The molecule has 0 aliphatic heterocycles. The number of hydrogen-bond acceptors (Lipinski definition) is 2. The van der Waals surface area contributed by atoms with Crippen molar-refractivity contribution >= 4 is 32.8 Å². The normalized spacial score (nSPS) is 11.7. The lowest BCUT2D eigenvalue weighted by atomic mass is 9.92. The molecule has 3 heteroatoms. The predicted molar refractivity (Wildman–Crippen MR) is 131 cm³/mol. The molecule has 3 aromatic carbocycles. The second kappa shape index (κ2) is 7.50. The Labute approximate surface area is 188 Å². The van der Waals surface area contributed by atoms with Crippen molar-refractivity contribution in [3.8, 4) is 17.3 Å². The highest BCUT2D eigenvalue weighted by atomic mass is 16.3. The summed E-state index contributed by atoms with van der Waals surface area (Å²) in [7, 11) is 2.13. The van der Waals surface area contributed by atoms with Gasteiger partial charge in [0.05, 0.1) is 17.2 Å². The van der Waals surface area contributed by atoms with E-state index in [0.717, 1.165) is 39.6 Å². The van der Waals surface area contributed by atoms with Crippen LogP contribution in [0.1, 0.15) is 36.1 Å². The Morgan fingerprint density at radius 2 is 1.78 bits per heavy atom. The third-order valence-electron chi connectivity index (χ3n) is 6.60. The Morgan fingerprint density at radius 3 is 2.53 bits per heavy atom. The number of para-hydroxylation sites is 1. The highest BCUT2D eigenvalue weighted by molar-refractivity contribution is 6.12. The molecular weight excluding hydrogens is 392 g/mol. The second-order valence-electron chi connectivity index (χ2n) is 9.19. The molecule has 2 heterocycles. The summed E-state index contributed by atoms with van der Waals surface area (Å²) in [4.78, 5) is 0. The number of nitriles is 1. The number of hydrogen-bond donors (Lipinski definition) is 0. The van der Waals surface area contributed by atoms with E-state index >= 15 is 0 Å². The van der Waals surface area contributed by atoms with Gasteiger partial charge in [-0.15, -0.1) is 0 Å². The average Bonchev–Trinajstić information content (AvgIpc) is 3.15. The van der Waals surface area contributed by atoms with Crippen LogP contribution >= 0.6 is 0 Å². The molecule has 0 bridgehead atoms. The molecule has 0 atom stereocenters. The number of rotatable bonds is 3. The van der Waals surface area contributed by atoms with Crippen molar-refractivity contribution in [1.82, 2.24) is 0 Å². The minimum atomic E-state index is 0.557. The van der Waals surface area contributed by atoms with E-state index in [0.29, 0.717) is 11.5 Å².